The van der Waals surface area contributed by atoms with Crippen LogP contribution in [-0.4, -0.2) is 77.6 Å². The lowest BCUT2D eigenvalue weighted by Gasteiger charge is -2.27. The third-order valence-electron chi connectivity index (χ3n) is 5.43. The fourth-order valence-electron chi connectivity index (χ4n) is 3.51. The highest BCUT2D eigenvalue weighted by Crippen LogP contribution is 2.19. The SMILES string of the molecule is CC(=O)N(C)c1ccc(C(=O)NC(C)C(=O)N2CCC[C@H]2C(=O)N[C@H](C=O)CC(=O)O)cc1. The molecule has 11 heteroatoms. The van der Waals surface area contributed by atoms with Gasteiger partial charge >= 0.3 is 5.97 Å². The summed E-state index contributed by atoms with van der Waals surface area (Å²) in [5.41, 5.74) is 0.916. The van der Waals surface area contributed by atoms with E-state index in [0.717, 1.165) is 0 Å². The number of aldehydes is 1. The zero-order valence-corrected chi connectivity index (χ0v) is 18.7. The van der Waals surface area contributed by atoms with Crippen LogP contribution in [0.25, 0.3) is 0 Å². The number of benzene rings is 1. The van der Waals surface area contributed by atoms with Crippen molar-refractivity contribution in [1.82, 2.24) is 15.5 Å². The Bertz CT molecular complexity index is 931. The van der Waals surface area contributed by atoms with Gasteiger partial charge < -0.3 is 30.3 Å². The van der Waals surface area contributed by atoms with Crippen molar-refractivity contribution in [3.05, 3.63) is 29.8 Å². The van der Waals surface area contributed by atoms with Crippen molar-refractivity contribution >= 4 is 41.6 Å². The molecule has 3 N–H and O–H groups in total. The Morgan fingerprint density at radius 1 is 1.18 bits per heavy atom. The van der Waals surface area contributed by atoms with Crippen molar-refractivity contribution in [3.8, 4) is 0 Å². The predicted octanol–water partition coefficient (Wildman–Crippen LogP) is -0.0630. The van der Waals surface area contributed by atoms with E-state index in [2.05, 4.69) is 10.6 Å². The summed E-state index contributed by atoms with van der Waals surface area (Å²) < 4.78 is 0. The quantitative estimate of drug-likeness (QED) is 0.436. The second-order valence-corrected chi connectivity index (χ2v) is 7.86. The van der Waals surface area contributed by atoms with Crippen molar-refractivity contribution in [3.63, 3.8) is 0 Å². The predicted molar refractivity (Wildman–Crippen MR) is 117 cm³/mol. The minimum absolute atomic E-state index is 0.155. The zero-order valence-electron chi connectivity index (χ0n) is 18.7. The smallest absolute Gasteiger partial charge is 0.305 e. The molecule has 33 heavy (non-hydrogen) atoms. The van der Waals surface area contributed by atoms with Crippen LogP contribution >= 0.6 is 0 Å². The zero-order chi connectivity index (χ0) is 24.7. The first-order valence-corrected chi connectivity index (χ1v) is 10.5. The van der Waals surface area contributed by atoms with Gasteiger partial charge in [0.05, 0.1) is 12.5 Å². The molecule has 1 aromatic carbocycles. The van der Waals surface area contributed by atoms with E-state index in [1.54, 1.807) is 19.2 Å². The first-order valence-electron chi connectivity index (χ1n) is 10.5. The van der Waals surface area contributed by atoms with Gasteiger partial charge in [0, 0.05) is 31.8 Å². The molecule has 1 aliphatic rings. The fourth-order valence-corrected chi connectivity index (χ4v) is 3.51. The highest BCUT2D eigenvalue weighted by molar-refractivity contribution is 5.99. The molecule has 178 valence electrons. The summed E-state index contributed by atoms with van der Waals surface area (Å²) in [6.07, 6.45) is 0.709. The molecule has 0 aliphatic carbocycles. The number of carbonyl (C=O) groups excluding carboxylic acids is 5. The van der Waals surface area contributed by atoms with Gasteiger partial charge in [0.15, 0.2) is 0 Å². The average Bonchev–Trinajstić information content (AvgIpc) is 3.27. The number of hydrogen-bond donors (Lipinski definition) is 3. The number of amides is 4. The largest absolute Gasteiger partial charge is 0.481 e. The molecule has 0 radical (unpaired) electrons. The first-order chi connectivity index (χ1) is 15.5. The molecular formula is C22H28N4O7. The number of anilines is 1. The van der Waals surface area contributed by atoms with Crippen LogP contribution in [-0.2, 0) is 24.0 Å². The Labute approximate surface area is 191 Å². The number of aliphatic carboxylic acids is 1. The summed E-state index contributed by atoms with van der Waals surface area (Å²) in [6.45, 7) is 3.23. The Balaban J connectivity index is 2.00. The summed E-state index contributed by atoms with van der Waals surface area (Å²) in [7, 11) is 1.61. The van der Waals surface area contributed by atoms with Crippen LogP contribution < -0.4 is 15.5 Å². The normalized spacial score (nSPS) is 16.9. The third-order valence-corrected chi connectivity index (χ3v) is 5.43. The van der Waals surface area contributed by atoms with E-state index < -0.39 is 48.2 Å². The molecule has 3 atom stereocenters. The molecule has 1 saturated heterocycles. The van der Waals surface area contributed by atoms with Crippen molar-refractivity contribution < 1.29 is 33.9 Å². The number of rotatable bonds is 9. The van der Waals surface area contributed by atoms with E-state index in [0.29, 0.717) is 36.9 Å². The van der Waals surface area contributed by atoms with E-state index in [9.17, 15) is 28.8 Å². The molecule has 1 aliphatic heterocycles. The lowest BCUT2D eigenvalue weighted by Crippen LogP contribution is -2.54. The van der Waals surface area contributed by atoms with Gasteiger partial charge in [-0.3, -0.25) is 24.0 Å². The molecule has 0 bridgehead atoms. The second kappa shape index (κ2) is 11.2. The summed E-state index contributed by atoms with van der Waals surface area (Å²) in [4.78, 5) is 74.0. The summed E-state index contributed by atoms with van der Waals surface area (Å²) in [5, 5.41) is 13.8. The van der Waals surface area contributed by atoms with Gasteiger partial charge in [-0.05, 0) is 44.0 Å². The second-order valence-electron chi connectivity index (χ2n) is 7.86. The van der Waals surface area contributed by atoms with Gasteiger partial charge in [-0.25, -0.2) is 0 Å². The number of nitrogens with one attached hydrogen (secondary N) is 2. The average molecular weight is 460 g/mol. The van der Waals surface area contributed by atoms with E-state index in [1.165, 1.54) is 35.8 Å². The third kappa shape index (κ3) is 6.61. The number of hydrogen-bond acceptors (Lipinski definition) is 6. The van der Waals surface area contributed by atoms with Crippen LogP contribution in [0.15, 0.2) is 24.3 Å². The molecule has 11 nitrogen and oxygen atoms in total. The maximum absolute atomic E-state index is 12.9. The topological polar surface area (TPSA) is 153 Å². The van der Waals surface area contributed by atoms with Gasteiger partial charge in [0.25, 0.3) is 5.91 Å². The lowest BCUT2D eigenvalue weighted by atomic mass is 10.1. The molecule has 0 saturated carbocycles. The van der Waals surface area contributed by atoms with Crippen LogP contribution in [0, 0.1) is 0 Å². The Hall–Kier alpha value is -3.76. The van der Waals surface area contributed by atoms with Crippen molar-refractivity contribution in [2.45, 2.75) is 51.2 Å². The minimum Gasteiger partial charge on any atom is -0.481 e. The summed E-state index contributed by atoms with van der Waals surface area (Å²) in [5.74, 6) is -2.95. The van der Waals surface area contributed by atoms with Crippen LogP contribution in [0.5, 0.6) is 0 Å². The molecule has 1 aromatic rings. The van der Waals surface area contributed by atoms with Crippen molar-refractivity contribution in [2.24, 2.45) is 0 Å². The van der Waals surface area contributed by atoms with Crippen LogP contribution in [0.1, 0.15) is 43.5 Å². The van der Waals surface area contributed by atoms with Crippen LogP contribution in [0.4, 0.5) is 5.69 Å². The molecule has 1 fully saturated rings. The Morgan fingerprint density at radius 3 is 2.36 bits per heavy atom. The maximum Gasteiger partial charge on any atom is 0.305 e. The molecular weight excluding hydrogens is 432 g/mol. The number of likely N-dealkylation sites (tertiary alicyclic amines) is 1. The van der Waals surface area contributed by atoms with Crippen LogP contribution in [0.3, 0.4) is 0 Å². The molecule has 0 spiro atoms. The van der Waals surface area contributed by atoms with Gasteiger partial charge in [0.2, 0.25) is 17.7 Å². The standard InChI is InChI=1S/C22H28N4O7/c1-13(23-20(31)15-6-8-17(9-7-15)25(3)14(2)28)22(33)26-10-4-5-18(26)21(32)24-16(12-27)11-19(29)30/h6-9,12-13,16,18H,4-5,10-11H2,1-3H3,(H,23,31)(H,24,32)(H,29,30)/t13?,16-,18-/m0/s1. The highest BCUT2D eigenvalue weighted by Gasteiger charge is 2.37. The van der Waals surface area contributed by atoms with Crippen molar-refractivity contribution in [2.75, 3.05) is 18.5 Å². The molecule has 2 rings (SSSR count). The number of carboxylic acid groups (broad SMARTS) is 1. The van der Waals surface area contributed by atoms with E-state index in [1.807, 2.05) is 0 Å². The van der Waals surface area contributed by atoms with Crippen LogP contribution in [0.2, 0.25) is 0 Å². The number of carboxylic acids is 1. The Morgan fingerprint density at radius 2 is 1.82 bits per heavy atom. The monoisotopic (exact) mass is 460 g/mol. The number of nitrogens with zero attached hydrogens (tertiary/aromatic N) is 2. The van der Waals surface area contributed by atoms with Crippen molar-refractivity contribution in [1.29, 1.82) is 0 Å². The highest BCUT2D eigenvalue weighted by atomic mass is 16.4. The molecule has 1 unspecified atom stereocenters. The fraction of sp³-hybridized carbons (Fsp3) is 0.455. The van der Waals surface area contributed by atoms with E-state index in [-0.39, 0.29) is 5.91 Å². The molecule has 0 aromatic heterocycles. The molecule has 1 heterocycles. The first kappa shape index (κ1) is 25.5. The maximum atomic E-state index is 12.9. The van der Waals surface area contributed by atoms with E-state index in [4.69, 9.17) is 5.11 Å². The Kier molecular flexibility index (Phi) is 8.66. The lowest BCUT2D eigenvalue weighted by molar-refractivity contribution is -0.141. The summed E-state index contributed by atoms with van der Waals surface area (Å²) >= 11 is 0. The van der Waals surface area contributed by atoms with Gasteiger partial charge in [-0.15, -0.1) is 0 Å². The van der Waals surface area contributed by atoms with E-state index >= 15 is 0 Å². The minimum atomic E-state index is -1.23. The van der Waals surface area contributed by atoms with Gasteiger partial charge in [0.1, 0.15) is 18.4 Å². The van der Waals surface area contributed by atoms with Gasteiger partial charge in [-0.2, -0.15) is 0 Å². The van der Waals surface area contributed by atoms with Gasteiger partial charge in [-0.1, -0.05) is 0 Å². The molecule has 4 amide bonds. The summed E-state index contributed by atoms with van der Waals surface area (Å²) in [6, 6.07) is 3.34. The number of carbonyl (C=O) groups is 6.